The van der Waals surface area contributed by atoms with Gasteiger partial charge in [0.2, 0.25) is 5.78 Å². The lowest BCUT2D eigenvalue weighted by Crippen LogP contribution is -2.33. The van der Waals surface area contributed by atoms with Crippen LogP contribution in [0.15, 0.2) is 59.6 Å². The fourth-order valence-corrected chi connectivity index (χ4v) is 2.72. The Balaban J connectivity index is 2.38. The third-order valence-corrected chi connectivity index (χ3v) is 4.32. The van der Waals surface area contributed by atoms with E-state index in [2.05, 4.69) is 4.99 Å². The van der Waals surface area contributed by atoms with Crippen LogP contribution >= 0.6 is 0 Å². The molecule has 2 rings (SSSR count). The summed E-state index contributed by atoms with van der Waals surface area (Å²) in [6, 6.07) is 15.6. The highest BCUT2D eigenvalue weighted by Gasteiger charge is 2.39. The maximum absolute atomic E-state index is 12.5. The normalized spacial score (nSPS) is 12.6. The highest BCUT2D eigenvalue weighted by Crippen LogP contribution is 2.38. The molecule has 142 valence electrons. The van der Waals surface area contributed by atoms with Gasteiger partial charge < -0.3 is 9.47 Å². The predicted octanol–water partition coefficient (Wildman–Crippen LogP) is 4.28. The van der Waals surface area contributed by atoms with Crippen molar-refractivity contribution >= 4 is 18.0 Å². The predicted molar refractivity (Wildman–Crippen MR) is 105 cm³/mol. The summed E-state index contributed by atoms with van der Waals surface area (Å²) < 4.78 is 10.4. The van der Waals surface area contributed by atoms with Crippen molar-refractivity contribution in [2.75, 3.05) is 13.7 Å². The highest BCUT2D eigenvalue weighted by atomic mass is 16.5. The first-order chi connectivity index (χ1) is 12.9. The first kappa shape index (κ1) is 20.4. The third-order valence-electron chi connectivity index (χ3n) is 4.32. The monoisotopic (exact) mass is 367 g/mol. The molecule has 0 heterocycles. The quantitative estimate of drug-likeness (QED) is 0.397. The van der Waals surface area contributed by atoms with E-state index in [0.29, 0.717) is 11.3 Å². The summed E-state index contributed by atoms with van der Waals surface area (Å²) in [5.41, 5.74) is 0.396. The largest absolute Gasteiger partial charge is 0.497 e. The van der Waals surface area contributed by atoms with Gasteiger partial charge in [-0.05, 0) is 38.5 Å². The standard InChI is InChI=1S/C22H25NO4/c1-5-27-21(25)22(2,3)20(17-11-13-18(26-4)14-12-17)23-15-19(24)16-9-7-6-8-10-16/h6-15,20H,5H2,1-4H3. The van der Waals surface area contributed by atoms with E-state index in [4.69, 9.17) is 9.47 Å². The van der Waals surface area contributed by atoms with Crippen LogP contribution in [0.4, 0.5) is 0 Å². The number of benzene rings is 2. The number of ketones is 1. The molecule has 0 spiro atoms. The Morgan fingerprint density at radius 3 is 2.26 bits per heavy atom. The molecule has 0 N–H and O–H groups in total. The van der Waals surface area contributed by atoms with Gasteiger partial charge in [-0.1, -0.05) is 42.5 Å². The number of hydrogen-bond donors (Lipinski definition) is 0. The Labute approximate surface area is 160 Å². The molecule has 0 aliphatic rings. The van der Waals surface area contributed by atoms with E-state index < -0.39 is 11.5 Å². The van der Waals surface area contributed by atoms with Crippen molar-refractivity contribution in [2.45, 2.75) is 26.8 Å². The van der Waals surface area contributed by atoms with Gasteiger partial charge in [-0.2, -0.15) is 0 Å². The molecular weight excluding hydrogens is 342 g/mol. The van der Waals surface area contributed by atoms with Crippen LogP contribution in [0.3, 0.4) is 0 Å². The van der Waals surface area contributed by atoms with Gasteiger partial charge in [-0.15, -0.1) is 0 Å². The van der Waals surface area contributed by atoms with Crippen LogP contribution in [0.2, 0.25) is 0 Å². The van der Waals surface area contributed by atoms with E-state index in [1.807, 2.05) is 18.2 Å². The molecule has 0 radical (unpaired) electrons. The molecule has 0 saturated carbocycles. The van der Waals surface area contributed by atoms with E-state index in [-0.39, 0.29) is 18.4 Å². The van der Waals surface area contributed by atoms with Gasteiger partial charge >= 0.3 is 5.97 Å². The van der Waals surface area contributed by atoms with Crippen LogP contribution in [0.1, 0.15) is 42.7 Å². The number of rotatable bonds is 8. The number of methoxy groups -OCH3 is 1. The molecule has 0 saturated heterocycles. The number of hydrogen-bond acceptors (Lipinski definition) is 5. The molecular formula is C22H25NO4. The summed E-state index contributed by atoms with van der Waals surface area (Å²) in [5.74, 6) is 0.125. The Bertz CT molecular complexity index is 795. The molecule has 5 heteroatoms. The van der Waals surface area contributed by atoms with Gasteiger partial charge in [0.15, 0.2) is 0 Å². The number of esters is 1. The number of nitrogens with zero attached hydrogens (tertiary/aromatic N) is 1. The van der Waals surface area contributed by atoms with Crippen LogP contribution in [0.25, 0.3) is 0 Å². The summed E-state index contributed by atoms with van der Waals surface area (Å²) in [6.45, 7) is 5.58. The van der Waals surface area contributed by atoms with E-state index in [9.17, 15) is 9.59 Å². The lowest BCUT2D eigenvalue weighted by molar-refractivity contribution is -0.154. The topological polar surface area (TPSA) is 65.0 Å². The second-order valence-electron chi connectivity index (χ2n) is 6.63. The number of aliphatic imine (C=N–C) groups is 1. The second kappa shape index (κ2) is 9.12. The molecule has 2 aromatic rings. The number of ether oxygens (including phenoxy) is 2. The van der Waals surface area contributed by atoms with Gasteiger partial charge in [-0.3, -0.25) is 14.6 Å². The molecule has 5 nitrogen and oxygen atoms in total. The summed E-state index contributed by atoms with van der Waals surface area (Å²) in [7, 11) is 1.59. The fourth-order valence-electron chi connectivity index (χ4n) is 2.72. The minimum Gasteiger partial charge on any atom is -0.497 e. The zero-order valence-corrected chi connectivity index (χ0v) is 16.1. The number of carbonyl (C=O) groups excluding carboxylic acids is 2. The molecule has 2 aromatic carbocycles. The summed E-state index contributed by atoms with van der Waals surface area (Å²) >= 11 is 0. The van der Waals surface area contributed by atoms with Crippen LogP contribution < -0.4 is 4.74 Å². The van der Waals surface area contributed by atoms with Gasteiger partial charge in [0.1, 0.15) is 5.75 Å². The molecule has 27 heavy (non-hydrogen) atoms. The molecule has 0 aliphatic carbocycles. The van der Waals surface area contributed by atoms with Crippen molar-refractivity contribution in [3.8, 4) is 5.75 Å². The van der Waals surface area contributed by atoms with Crippen molar-refractivity contribution in [1.29, 1.82) is 0 Å². The van der Waals surface area contributed by atoms with Crippen LogP contribution in [-0.4, -0.2) is 31.7 Å². The zero-order chi connectivity index (χ0) is 19.9. The molecule has 0 fully saturated rings. The third kappa shape index (κ3) is 5.03. The Morgan fingerprint density at radius 2 is 1.70 bits per heavy atom. The maximum atomic E-state index is 12.5. The van der Waals surface area contributed by atoms with Crippen molar-refractivity contribution in [3.63, 3.8) is 0 Å². The van der Waals surface area contributed by atoms with Gasteiger partial charge in [0, 0.05) is 5.56 Å². The lowest BCUT2D eigenvalue weighted by Gasteiger charge is -2.29. The molecule has 0 bridgehead atoms. The van der Waals surface area contributed by atoms with Gasteiger partial charge in [-0.25, -0.2) is 0 Å². The molecule has 0 aliphatic heterocycles. The van der Waals surface area contributed by atoms with Crippen LogP contribution in [0.5, 0.6) is 5.75 Å². The summed E-state index contributed by atoms with van der Waals surface area (Å²) in [5, 5.41) is 0. The SMILES string of the molecule is CCOC(=O)C(C)(C)C(N=CC(=O)c1ccccc1)c1ccc(OC)cc1. The number of carbonyl (C=O) groups is 2. The highest BCUT2D eigenvalue weighted by molar-refractivity contribution is 6.35. The summed E-state index contributed by atoms with van der Waals surface area (Å²) in [4.78, 5) is 29.4. The second-order valence-corrected chi connectivity index (χ2v) is 6.63. The summed E-state index contributed by atoms with van der Waals surface area (Å²) in [6.07, 6.45) is 1.28. The maximum Gasteiger partial charge on any atom is 0.314 e. The van der Waals surface area contributed by atoms with Crippen LogP contribution in [0, 0.1) is 5.41 Å². The van der Waals surface area contributed by atoms with Gasteiger partial charge in [0.05, 0.1) is 31.4 Å². The van der Waals surface area contributed by atoms with Crippen molar-refractivity contribution < 1.29 is 19.1 Å². The minimum absolute atomic E-state index is 0.214. The molecule has 1 unspecified atom stereocenters. The Morgan fingerprint density at radius 1 is 1.07 bits per heavy atom. The van der Waals surface area contributed by atoms with Crippen molar-refractivity contribution in [3.05, 3.63) is 65.7 Å². The fraction of sp³-hybridized carbons (Fsp3) is 0.318. The smallest absolute Gasteiger partial charge is 0.314 e. The van der Waals surface area contributed by atoms with E-state index in [0.717, 1.165) is 5.56 Å². The Hall–Kier alpha value is -2.95. The molecule has 1 atom stereocenters. The van der Waals surface area contributed by atoms with Crippen molar-refractivity contribution in [2.24, 2.45) is 10.4 Å². The Kier molecular flexibility index (Phi) is 6.88. The average Bonchev–Trinajstić information content (AvgIpc) is 2.69. The van der Waals surface area contributed by atoms with Crippen LogP contribution in [-0.2, 0) is 9.53 Å². The average molecular weight is 367 g/mol. The first-order valence-electron chi connectivity index (χ1n) is 8.84. The zero-order valence-electron chi connectivity index (χ0n) is 16.1. The minimum atomic E-state index is -0.946. The molecule has 0 amide bonds. The first-order valence-corrected chi connectivity index (χ1v) is 8.84. The van der Waals surface area contributed by atoms with Gasteiger partial charge in [0.25, 0.3) is 0 Å². The number of Topliss-reactive ketones (excluding diaryl/α,β-unsaturated/α-hetero) is 1. The van der Waals surface area contributed by atoms with E-state index >= 15 is 0 Å². The van der Waals surface area contributed by atoms with Crippen molar-refractivity contribution in [1.82, 2.24) is 0 Å². The van der Waals surface area contributed by atoms with E-state index in [1.165, 1.54) is 6.21 Å². The van der Waals surface area contributed by atoms with E-state index in [1.54, 1.807) is 64.3 Å². The molecule has 0 aromatic heterocycles. The lowest BCUT2D eigenvalue weighted by atomic mass is 9.80.